The second-order valence-corrected chi connectivity index (χ2v) is 3.03. The van der Waals surface area contributed by atoms with E-state index in [0.29, 0.717) is 6.61 Å². The van der Waals surface area contributed by atoms with Crippen LogP contribution in [0.5, 0.6) is 0 Å². The van der Waals surface area contributed by atoms with E-state index in [1.54, 1.807) is 0 Å². The van der Waals surface area contributed by atoms with E-state index in [1.165, 1.54) is 0 Å². The summed E-state index contributed by atoms with van der Waals surface area (Å²) in [6.45, 7) is 4.38. The van der Waals surface area contributed by atoms with Crippen molar-refractivity contribution in [3.63, 3.8) is 0 Å². The Morgan fingerprint density at radius 3 is 2.85 bits per heavy atom. The van der Waals surface area contributed by atoms with E-state index in [0.717, 1.165) is 24.7 Å². The molecule has 1 atom stereocenters. The van der Waals surface area contributed by atoms with Crippen LogP contribution in [0.4, 0.5) is 0 Å². The molecular weight excluding hydrogens is 190 g/mol. The maximum absolute atomic E-state index is 5.48. The Hall–Kier alpha value is -0.510. The number of ether oxygens (including phenoxy) is 1. The van der Waals surface area contributed by atoms with Crippen LogP contribution in [0.3, 0.4) is 0 Å². The maximum atomic E-state index is 5.48. The third-order valence-corrected chi connectivity index (χ3v) is 2.03. The van der Waals surface area contributed by atoms with Gasteiger partial charge >= 0.3 is 0 Å². The smallest absolute Gasteiger partial charge is 0.123 e. The topological polar surface area (TPSA) is 34.4 Å². The molecule has 1 fully saturated rings. The fraction of sp³-hybridized carbons (Fsp3) is 0.556. The molecule has 1 aliphatic heterocycles. The highest BCUT2D eigenvalue weighted by molar-refractivity contribution is 5.85. The zero-order chi connectivity index (χ0) is 8.39. The first-order chi connectivity index (χ1) is 5.86. The Balaban J connectivity index is 0.000000845. The molecule has 1 aromatic rings. The lowest BCUT2D eigenvalue weighted by molar-refractivity contribution is 0.0696. The molecule has 0 unspecified atom stereocenters. The number of hydrogen-bond acceptors (Lipinski definition) is 3. The van der Waals surface area contributed by atoms with Gasteiger partial charge in [0.05, 0.1) is 19.3 Å². The quantitative estimate of drug-likeness (QED) is 0.754. The normalized spacial score (nSPS) is 22.4. The van der Waals surface area contributed by atoms with Gasteiger partial charge in [-0.2, -0.15) is 0 Å². The lowest BCUT2D eigenvalue weighted by Crippen LogP contribution is -2.34. The molecule has 1 aliphatic rings. The zero-order valence-electron chi connectivity index (χ0n) is 7.58. The molecule has 0 saturated carbocycles. The van der Waals surface area contributed by atoms with Crippen molar-refractivity contribution in [2.24, 2.45) is 0 Å². The second-order valence-electron chi connectivity index (χ2n) is 3.03. The molecule has 0 aliphatic carbocycles. The Morgan fingerprint density at radius 2 is 2.31 bits per heavy atom. The zero-order valence-corrected chi connectivity index (χ0v) is 8.39. The summed E-state index contributed by atoms with van der Waals surface area (Å²) in [4.78, 5) is 0. The van der Waals surface area contributed by atoms with Gasteiger partial charge in [-0.3, -0.25) is 0 Å². The summed E-state index contributed by atoms with van der Waals surface area (Å²) >= 11 is 0. The van der Waals surface area contributed by atoms with Crippen molar-refractivity contribution in [1.82, 2.24) is 5.32 Å². The van der Waals surface area contributed by atoms with Crippen LogP contribution in [0.15, 0.2) is 16.5 Å². The summed E-state index contributed by atoms with van der Waals surface area (Å²) in [7, 11) is 0. The van der Waals surface area contributed by atoms with Crippen molar-refractivity contribution >= 4 is 12.4 Å². The first kappa shape index (κ1) is 10.6. The number of nitrogens with one attached hydrogen (secondary N) is 1. The van der Waals surface area contributed by atoms with Crippen molar-refractivity contribution in [3.8, 4) is 0 Å². The van der Waals surface area contributed by atoms with E-state index in [2.05, 4.69) is 5.32 Å². The van der Waals surface area contributed by atoms with Crippen LogP contribution in [-0.4, -0.2) is 19.8 Å². The lowest BCUT2D eigenvalue weighted by Gasteiger charge is -2.21. The predicted molar refractivity (Wildman–Crippen MR) is 52.3 cm³/mol. The lowest BCUT2D eigenvalue weighted by atomic mass is 10.2. The highest BCUT2D eigenvalue weighted by atomic mass is 35.5. The minimum absolute atomic E-state index is 0. The van der Waals surface area contributed by atoms with Crippen LogP contribution in [0, 0.1) is 6.92 Å². The van der Waals surface area contributed by atoms with Crippen LogP contribution in [0.2, 0.25) is 0 Å². The highest BCUT2D eigenvalue weighted by Gasteiger charge is 2.17. The van der Waals surface area contributed by atoms with Crippen molar-refractivity contribution in [2.45, 2.75) is 13.0 Å². The summed E-state index contributed by atoms with van der Waals surface area (Å²) < 4.78 is 10.8. The molecule has 3 nitrogen and oxygen atoms in total. The summed E-state index contributed by atoms with van der Waals surface area (Å²) in [5.41, 5.74) is 0. The highest BCUT2D eigenvalue weighted by Crippen LogP contribution is 2.17. The number of aryl methyl sites for hydroxylation is 1. The number of halogens is 1. The van der Waals surface area contributed by atoms with Crippen LogP contribution in [-0.2, 0) is 4.74 Å². The van der Waals surface area contributed by atoms with Gasteiger partial charge in [0.2, 0.25) is 0 Å². The van der Waals surface area contributed by atoms with Crippen molar-refractivity contribution in [3.05, 3.63) is 23.7 Å². The van der Waals surface area contributed by atoms with E-state index in [-0.39, 0.29) is 18.4 Å². The first-order valence-electron chi connectivity index (χ1n) is 4.24. The predicted octanol–water partition coefficient (Wildman–Crippen LogP) is 1.67. The van der Waals surface area contributed by atoms with Gasteiger partial charge in [0.1, 0.15) is 11.5 Å². The van der Waals surface area contributed by atoms with E-state index in [4.69, 9.17) is 9.15 Å². The SMILES string of the molecule is Cc1ccc([C@@H]2COCCN2)o1.Cl. The van der Waals surface area contributed by atoms with Gasteiger partial charge in [0.15, 0.2) is 0 Å². The Labute approximate surface area is 83.9 Å². The Morgan fingerprint density at radius 1 is 1.46 bits per heavy atom. The first-order valence-corrected chi connectivity index (χ1v) is 4.24. The Kier molecular flexibility index (Phi) is 3.78. The minimum atomic E-state index is 0. The van der Waals surface area contributed by atoms with Crippen LogP contribution in [0.1, 0.15) is 17.6 Å². The molecule has 0 aromatic carbocycles. The van der Waals surface area contributed by atoms with E-state index >= 15 is 0 Å². The average molecular weight is 204 g/mol. The fourth-order valence-corrected chi connectivity index (χ4v) is 1.39. The molecule has 2 heterocycles. The number of rotatable bonds is 1. The second kappa shape index (κ2) is 4.65. The van der Waals surface area contributed by atoms with Gasteiger partial charge in [-0.05, 0) is 19.1 Å². The van der Waals surface area contributed by atoms with Crippen molar-refractivity contribution in [1.29, 1.82) is 0 Å². The molecular formula is C9H14ClNO2. The largest absolute Gasteiger partial charge is 0.465 e. The van der Waals surface area contributed by atoms with Gasteiger partial charge < -0.3 is 14.5 Å². The molecule has 74 valence electrons. The molecule has 1 saturated heterocycles. The van der Waals surface area contributed by atoms with E-state index < -0.39 is 0 Å². The summed E-state index contributed by atoms with van der Waals surface area (Å²) in [5.74, 6) is 1.93. The third-order valence-electron chi connectivity index (χ3n) is 2.03. The molecule has 0 spiro atoms. The van der Waals surface area contributed by atoms with Crippen molar-refractivity contribution in [2.75, 3.05) is 19.8 Å². The number of morpholine rings is 1. The van der Waals surface area contributed by atoms with Gasteiger partial charge in [0.25, 0.3) is 0 Å². The van der Waals surface area contributed by atoms with Crippen LogP contribution in [0.25, 0.3) is 0 Å². The van der Waals surface area contributed by atoms with Crippen molar-refractivity contribution < 1.29 is 9.15 Å². The van der Waals surface area contributed by atoms with E-state index in [1.807, 2.05) is 19.1 Å². The molecule has 13 heavy (non-hydrogen) atoms. The third kappa shape index (κ3) is 2.46. The Bertz CT molecular complexity index is 256. The molecule has 1 N–H and O–H groups in total. The van der Waals surface area contributed by atoms with Crippen LogP contribution < -0.4 is 5.32 Å². The minimum Gasteiger partial charge on any atom is -0.465 e. The summed E-state index contributed by atoms with van der Waals surface area (Å²) in [5, 5.41) is 3.33. The number of furan rings is 1. The van der Waals surface area contributed by atoms with Gasteiger partial charge in [-0.1, -0.05) is 0 Å². The average Bonchev–Trinajstić information content (AvgIpc) is 2.54. The molecule has 1 aromatic heterocycles. The maximum Gasteiger partial charge on any atom is 0.123 e. The van der Waals surface area contributed by atoms with Gasteiger partial charge in [-0.25, -0.2) is 0 Å². The molecule has 0 bridgehead atoms. The molecule has 2 rings (SSSR count). The molecule has 0 amide bonds. The summed E-state index contributed by atoms with van der Waals surface area (Å²) in [6, 6.07) is 4.22. The molecule has 4 heteroatoms. The summed E-state index contributed by atoms with van der Waals surface area (Å²) in [6.07, 6.45) is 0. The fourth-order valence-electron chi connectivity index (χ4n) is 1.39. The monoisotopic (exact) mass is 203 g/mol. The van der Waals surface area contributed by atoms with Gasteiger partial charge in [-0.15, -0.1) is 12.4 Å². The standard InChI is InChI=1S/C9H13NO2.ClH/c1-7-2-3-9(12-7)8-6-11-5-4-10-8;/h2-3,8,10H,4-6H2,1H3;1H/t8-;/m0./s1. The molecule has 0 radical (unpaired) electrons. The van der Waals surface area contributed by atoms with Crippen LogP contribution >= 0.6 is 12.4 Å². The number of hydrogen-bond donors (Lipinski definition) is 1. The van der Waals surface area contributed by atoms with E-state index in [9.17, 15) is 0 Å². The van der Waals surface area contributed by atoms with Gasteiger partial charge in [0, 0.05) is 6.54 Å².